The van der Waals surface area contributed by atoms with Gasteiger partial charge in [-0.1, -0.05) is 24.3 Å². The number of phenols is 1. The minimum Gasteiger partial charge on any atom is -0.506 e. The summed E-state index contributed by atoms with van der Waals surface area (Å²) in [5, 5.41) is 13.2. The minimum absolute atomic E-state index is 0.0138. The molecule has 27 heavy (non-hydrogen) atoms. The summed E-state index contributed by atoms with van der Waals surface area (Å²) in [6, 6.07) is 13.4. The number of phenolic OH excluding ortho intramolecular Hbond substituents is 1. The van der Waals surface area contributed by atoms with Crippen LogP contribution < -0.4 is 10.2 Å². The van der Waals surface area contributed by atoms with Crippen LogP contribution in [0.3, 0.4) is 0 Å². The number of para-hydroxylation sites is 2. The first kappa shape index (κ1) is 17.8. The summed E-state index contributed by atoms with van der Waals surface area (Å²) < 4.78 is 13.3. The van der Waals surface area contributed by atoms with Crippen LogP contribution in [-0.4, -0.2) is 48.1 Å². The molecule has 6 heteroatoms. The maximum Gasteiger partial charge on any atom is 0.242 e. The van der Waals surface area contributed by atoms with Crippen LogP contribution in [0.4, 0.5) is 10.1 Å². The fourth-order valence-corrected chi connectivity index (χ4v) is 3.63. The Hall–Kier alpha value is -2.60. The molecule has 0 bridgehead atoms. The molecule has 2 aliphatic rings. The van der Waals surface area contributed by atoms with Crippen molar-refractivity contribution in [3.63, 3.8) is 0 Å². The minimum atomic E-state index is -0.419. The number of hydrogen-bond acceptors (Lipinski definition) is 4. The molecule has 1 amide bonds. The van der Waals surface area contributed by atoms with E-state index in [4.69, 9.17) is 0 Å². The molecule has 2 fully saturated rings. The smallest absolute Gasteiger partial charge is 0.242 e. The monoisotopic (exact) mass is 369 g/mol. The van der Waals surface area contributed by atoms with Gasteiger partial charge in [-0.05, 0) is 42.7 Å². The van der Waals surface area contributed by atoms with Crippen LogP contribution in [0.1, 0.15) is 24.4 Å². The van der Waals surface area contributed by atoms with Crippen LogP contribution in [0.25, 0.3) is 0 Å². The van der Waals surface area contributed by atoms with Crippen LogP contribution in [0.2, 0.25) is 0 Å². The van der Waals surface area contributed by atoms with Gasteiger partial charge in [-0.15, -0.1) is 0 Å². The second-order valence-electron chi connectivity index (χ2n) is 7.25. The molecule has 0 spiro atoms. The SMILES string of the molecule is O=C(NC1CC1)[C@H](c1ccc(F)cc1)N1CCN(c2ccccc2O)CC1. The van der Waals surface area contributed by atoms with Gasteiger partial charge in [-0.25, -0.2) is 4.39 Å². The van der Waals surface area contributed by atoms with E-state index in [0.717, 1.165) is 24.1 Å². The van der Waals surface area contributed by atoms with E-state index in [1.165, 1.54) is 12.1 Å². The third-order valence-corrected chi connectivity index (χ3v) is 5.26. The molecule has 0 aromatic heterocycles. The number of anilines is 1. The first-order valence-electron chi connectivity index (χ1n) is 9.44. The maximum atomic E-state index is 13.3. The largest absolute Gasteiger partial charge is 0.506 e. The van der Waals surface area contributed by atoms with Crippen molar-refractivity contribution in [3.05, 3.63) is 59.9 Å². The van der Waals surface area contributed by atoms with Crippen molar-refractivity contribution in [2.75, 3.05) is 31.1 Å². The van der Waals surface area contributed by atoms with Gasteiger partial charge in [0.15, 0.2) is 0 Å². The Morgan fingerprint density at radius 3 is 2.33 bits per heavy atom. The van der Waals surface area contributed by atoms with Crippen molar-refractivity contribution in [1.82, 2.24) is 10.2 Å². The van der Waals surface area contributed by atoms with Crippen molar-refractivity contribution in [1.29, 1.82) is 0 Å². The molecule has 1 atom stereocenters. The standard InChI is InChI=1S/C21H24FN3O2/c22-16-7-5-15(6-8-16)20(21(27)23-17-9-10-17)25-13-11-24(12-14-25)18-3-1-2-4-19(18)26/h1-8,17,20,26H,9-14H2,(H,23,27)/t20-/m0/s1. The van der Waals surface area contributed by atoms with E-state index < -0.39 is 6.04 Å². The van der Waals surface area contributed by atoms with Gasteiger partial charge >= 0.3 is 0 Å². The average Bonchev–Trinajstić information content (AvgIpc) is 3.49. The molecule has 0 radical (unpaired) electrons. The number of carbonyl (C=O) groups is 1. The van der Waals surface area contributed by atoms with Gasteiger partial charge in [0.2, 0.25) is 5.91 Å². The summed E-state index contributed by atoms with van der Waals surface area (Å²) >= 11 is 0. The van der Waals surface area contributed by atoms with Crippen molar-refractivity contribution in [3.8, 4) is 5.75 Å². The number of rotatable bonds is 5. The molecule has 1 aliphatic carbocycles. The Labute approximate surface area is 158 Å². The van der Waals surface area contributed by atoms with Crippen molar-refractivity contribution in [2.24, 2.45) is 0 Å². The molecule has 4 rings (SSSR count). The van der Waals surface area contributed by atoms with Crippen LogP contribution in [0, 0.1) is 5.82 Å². The quantitative estimate of drug-likeness (QED) is 0.851. The zero-order chi connectivity index (χ0) is 18.8. The molecule has 1 aliphatic heterocycles. The zero-order valence-electron chi connectivity index (χ0n) is 15.1. The van der Waals surface area contributed by atoms with Crippen LogP contribution >= 0.6 is 0 Å². The Bertz CT molecular complexity index is 799. The fourth-order valence-electron chi connectivity index (χ4n) is 3.63. The van der Waals surface area contributed by atoms with Crippen LogP contribution in [0.5, 0.6) is 5.75 Å². The van der Waals surface area contributed by atoms with Gasteiger partial charge in [-0.2, -0.15) is 0 Å². The lowest BCUT2D eigenvalue weighted by atomic mass is 10.0. The van der Waals surface area contributed by atoms with Crippen LogP contribution in [0.15, 0.2) is 48.5 Å². The highest BCUT2D eigenvalue weighted by atomic mass is 19.1. The van der Waals surface area contributed by atoms with Gasteiger partial charge in [0, 0.05) is 32.2 Å². The third-order valence-electron chi connectivity index (χ3n) is 5.26. The highest BCUT2D eigenvalue weighted by Crippen LogP contribution is 2.30. The summed E-state index contributed by atoms with van der Waals surface area (Å²) in [7, 11) is 0. The van der Waals surface area contributed by atoms with E-state index >= 15 is 0 Å². The fraction of sp³-hybridized carbons (Fsp3) is 0.381. The predicted molar refractivity (Wildman–Crippen MR) is 102 cm³/mol. The number of nitrogens with one attached hydrogen (secondary N) is 1. The first-order chi connectivity index (χ1) is 13.1. The molecule has 142 valence electrons. The number of amides is 1. The molecule has 2 aromatic rings. The molecule has 5 nitrogen and oxygen atoms in total. The second-order valence-corrected chi connectivity index (χ2v) is 7.25. The van der Waals surface area contributed by atoms with Gasteiger partial charge in [0.25, 0.3) is 0 Å². The molecule has 1 heterocycles. The lowest BCUT2D eigenvalue weighted by molar-refractivity contribution is -0.127. The third kappa shape index (κ3) is 4.06. The molecular weight excluding hydrogens is 345 g/mol. The molecule has 2 aromatic carbocycles. The van der Waals surface area contributed by atoms with Crippen molar-refractivity contribution < 1.29 is 14.3 Å². The number of hydrogen-bond donors (Lipinski definition) is 2. The number of halogens is 1. The number of aromatic hydroxyl groups is 1. The summed E-state index contributed by atoms with van der Waals surface area (Å²) in [5.41, 5.74) is 1.63. The second kappa shape index (κ2) is 7.56. The van der Waals surface area contributed by atoms with Gasteiger partial charge in [0.05, 0.1) is 5.69 Å². The topological polar surface area (TPSA) is 55.8 Å². The van der Waals surface area contributed by atoms with E-state index in [1.807, 2.05) is 18.2 Å². The highest BCUT2D eigenvalue weighted by molar-refractivity contribution is 5.83. The Morgan fingerprint density at radius 2 is 1.70 bits per heavy atom. The van der Waals surface area contributed by atoms with Gasteiger partial charge in [-0.3, -0.25) is 9.69 Å². The van der Waals surface area contributed by atoms with Crippen molar-refractivity contribution >= 4 is 11.6 Å². The summed E-state index contributed by atoms with van der Waals surface area (Å²) in [6.45, 7) is 2.81. The van der Waals surface area contributed by atoms with Crippen molar-refractivity contribution in [2.45, 2.75) is 24.9 Å². The van der Waals surface area contributed by atoms with Gasteiger partial charge in [0.1, 0.15) is 17.6 Å². The average molecular weight is 369 g/mol. The number of piperazine rings is 1. The van der Waals surface area contributed by atoms with E-state index in [-0.39, 0.29) is 23.5 Å². The number of nitrogens with zero attached hydrogens (tertiary/aromatic N) is 2. The molecule has 0 unspecified atom stereocenters. The zero-order valence-corrected chi connectivity index (χ0v) is 15.1. The van der Waals surface area contributed by atoms with E-state index in [9.17, 15) is 14.3 Å². The lowest BCUT2D eigenvalue weighted by Gasteiger charge is -2.40. The summed E-state index contributed by atoms with van der Waals surface area (Å²) in [6.07, 6.45) is 2.06. The van der Waals surface area contributed by atoms with E-state index in [0.29, 0.717) is 26.2 Å². The Balaban J connectivity index is 1.50. The molecule has 1 saturated heterocycles. The normalized spacial score (nSPS) is 18.9. The Kier molecular flexibility index (Phi) is 4.99. The van der Waals surface area contributed by atoms with E-state index in [2.05, 4.69) is 15.1 Å². The highest BCUT2D eigenvalue weighted by Gasteiger charge is 2.34. The predicted octanol–water partition coefficient (Wildman–Crippen LogP) is 2.67. The Morgan fingerprint density at radius 1 is 1.04 bits per heavy atom. The number of carbonyl (C=O) groups excluding carboxylic acids is 1. The number of benzene rings is 2. The molecule has 2 N–H and O–H groups in total. The van der Waals surface area contributed by atoms with Gasteiger partial charge < -0.3 is 15.3 Å². The summed E-state index contributed by atoms with van der Waals surface area (Å²) in [4.78, 5) is 17.2. The first-order valence-corrected chi connectivity index (χ1v) is 9.44. The van der Waals surface area contributed by atoms with E-state index in [1.54, 1.807) is 18.2 Å². The van der Waals surface area contributed by atoms with Crippen LogP contribution in [-0.2, 0) is 4.79 Å². The summed E-state index contributed by atoms with van der Waals surface area (Å²) in [5.74, 6) is -0.0444. The molecular formula is C21H24FN3O2. The molecule has 1 saturated carbocycles. The maximum absolute atomic E-state index is 13.3. The lowest BCUT2D eigenvalue weighted by Crippen LogP contribution is -2.51.